The number of fused-ring (bicyclic) bond motifs is 1. The Morgan fingerprint density at radius 3 is 2.92 bits per heavy atom. The first-order valence-electron chi connectivity index (χ1n) is 3.71. The van der Waals surface area contributed by atoms with E-state index in [1.54, 1.807) is 0 Å². The number of rotatable bonds is 1. The normalized spacial score (nSPS) is 18.6. The molecule has 0 aromatic carbocycles. The van der Waals surface area contributed by atoms with Crippen LogP contribution in [0.1, 0.15) is 28.2 Å². The lowest BCUT2D eigenvalue weighted by atomic mass is 10.1. The molecule has 0 spiro atoms. The van der Waals surface area contributed by atoms with Gasteiger partial charge in [-0.2, -0.15) is 5.10 Å². The number of H-pyrrole nitrogens is 1. The molecule has 2 rings (SSSR count). The van der Waals surface area contributed by atoms with Crippen molar-refractivity contribution in [1.82, 2.24) is 10.2 Å². The molecule has 1 heterocycles. The second-order valence-electron chi connectivity index (χ2n) is 2.94. The van der Waals surface area contributed by atoms with Crippen LogP contribution in [0.4, 0.5) is 8.78 Å². The van der Waals surface area contributed by atoms with Gasteiger partial charge in [0.25, 0.3) is 5.92 Å². The topological polar surface area (TPSA) is 66.0 Å². The maximum Gasteiger partial charge on any atom is 0.356 e. The van der Waals surface area contributed by atoms with Gasteiger partial charge in [0.15, 0.2) is 5.69 Å². The molecule has 0 radical (unpaired) electrons. The molecule has 0 saturated heterocycles. The van der Waals surface area contributed by atoms with Crippen molar-refractivity contribution in [3.8, 4) is 0 Å². The number of alkyl halides is 2. The molecule has 0 fully saturated rings. The molecule has 13 heavy (non-hydrogen) atoms. The van der Waals surface area contributed by atoms with Gasteiger partial charge in [0.1, 0.15) is 0 Å². The molecule has 1 aliphatic carbocycles. The minimum absolute atomic E-state index is 0.155. The van der Waals surface area contributed by atoms with Gasteiger partial charge in [-0.1, -0.05) is 0 Å². The molecule has 0 bridgehead atoms. The van der Waals surface area contributed by atoms with Crippen LogP contribution in [-0.4, -0.2) is 21.3 Å². The summed E-state index contributed by atoms with van der Waals surface area (Å²) in [5, 5.41) is 14.2. The molecule has 70 valence electrons. The van der Waals surface area contributed by atoms with Gasteiger partial charge in [-0.15, -0.1) is 0 Å². The lowest BCUT2D eigenvalue weighted by Crippen LogP contribution is -2.13. The van der Waals surface area contributed by atoms with Crippen LogP contribution in [0.5, 0.6) is 0 Å². The van der Waals surface area contributed by atoms with E-state index in [-0.39, 0.29) is 18.5 Å². The summed E-state index contributed by atoms with van der Waals surface area (Å²) in [6, 6.07) is 0. The lowest BCUT2D eigenvalue weighted by Gasteiger charge is -2.07. The molecule has 2 N–H and O–H groups in total. The van der Waals surface area contributed by atoms with Crippen molar-refractivity contribution in [2.24, 2.45) is 0 Å². The Kier molecular flexibility index (Phi) is 1.43. The monoisotopic (exact) mass is 188 g/mol. The Morgan fingerprint density at radius 2 is 2.31 bits per heavy atom. The minimum Gasteiger partial charge on any atom is -0.476 e. The van der Waals surface area contributed by atoms with Gasteiger partial charge >= 0.3 is 5.97 Å². The van der Waals surface area contributed by atoms with E-state index in [9.17, 15) is 13.6 Å². The summed E-state index contributed by atoms with van der Waals surface area (Å²) in [4.78, 5) is 10.5. The predicted octanol–water partition coefficient (Wildman–Crippen LogP) is 1.15. The SMILES string of the molecule is O=C(O)c1n[nH]c2c1C(F)(F)CC2. The summed E-state index contributed by atoms with van der Waals surface area (Å²) in [6.07, 6.45) is -0.181. The first-order valence-corrected chi connectivity index (χ1v) is 3.71. The number of aromatic amines is 1. The number of hydrogen-bond acceptors (Lipinski definition) is 2. The number of aromatic nitrogens is 2. The maximum absolute atomic E-state index is 13.1. The smallest absolute Gasteiger partial charge is 0.356 e. The molecule has 0 amide bonds. The summed E-state index contributed by atoms with van der Waals surface area (Å²) in [6.45, 7) is 0. The third kappa shape index (κ3) is 1.01. The Balaban J connectivity index is 2.59. The second-order valence-corrected chi connectivity index (χ2v) is 2.94. The molecule has 6 heteroatoms. The number of aromatic carboxylic acids is 1. The van der Waals surface area contributed by atoms with E-state index in [1.807, 2.05) is 0 Å². The fourth-order valence-electron chi connectivity index (χ4n) is 1.51. The van der Waals surface area contributed by atoms with E-state index in [2.05, 4.69) is 10.2 Å². The van der Waals surface area contributed by atoms with Gasteiger partial charge in [-0.25, -0.2) is 13.6 Å². The van der Waals surface area contributed by atoms with Crippen molar-refractivity contribution in [2.45, 2.75) is 18.8 Å². The quantitative estimate of drug-likeness (QED) is 0.694. The Hall–Kier alpha value is -1.46. The number of aryl methyl sites for hydroxylation is 1. The summed E-state index contributed by atoms with van der Waals surface area (Å²) >= 11 is 0. The highest BCUT2D eigenvalue weighted by Crippen LogP contribution is 2.42. The van der Waals surface area contributed by atoms with E-state index in [0.717, 1.165) is 0 Å². The first-order chi connectivity index (χ1) is 6.02. The lowest BCUT2D eigenvalue weighted by molar-refractivity contribution is -0.00350. The van der Waals surface area contributed by atoms with Crippen molar-refractivity contribution in [3.63, 3.8) is 0 Å². The van der Waals surface area contributed by atoms with Crippen LogP contribution in [0.25, 0.3) is 0 Å². The molecule has 1 aromatic heterocycles. The van der Waals surface area contributed by atoms with Gasteiger partial charge < -0.3 is 5.11 Å². The molecule has 0 aliphatic heterocycles. The molecule has 0 atom stereocenters. The van der Waals surface area contributed by atoms with Crippen molar-refractivity contribution < 1.29 is 18.7 Å². The van der Waals surface area contributed by atoms with Gasteiger partial charge in [0.2, 0.25) is 0 Å². The van der Waals surface area contributed by atoms with E-state index < -0.39 is 23.1 Å². The fourth-order valence-corrected chi connectivity index (χ4v) is 1.51. The van der Waals surface area contributed by atoms with E-state index in [4.69, 9.17) is 5.11 Å². The third-order valence-electron chi connectivity index (χ3n) is 2.10. The molecule has 0 saturated carbocycles. The summed E-state index contributed by atoms with van der Waals surface area (Å²) < 4.78 is 26.1. The predicted molar refractivity (Wildman–Crippen MR) is 37.8 cm³/mol. The number of nitrogens with zero attached hydrogens (tertiary/aromatic N) is 1. The fraction of sp³-hybridized carbons (Fsp3) is 0.429. The Labute approximate surface area is 71.6 Å². The summed E-state index contributed by atoms with van der Waals surface area (Å²) in [5.41, 5.74) is -0.764. The molecule has 0 unspecified atom stereocenters. The first kappa shape index (κ1) is 8.15. The zero-order valence-electron chi connectivity index (χ0n) is 6.47. The number of carboxylic acids is 1. The van der Waals surface area contributed by atoms with E-state index in [0.29, 0.717) is 0 Å². The third-order valence-corrected chi connectivity index (χ3v) is 2.10. The highest BCUT2D eigenvalue weighted by atomic mass is 19.3. The van der Waals surface area contributed by atoms with Crippen LogP contribution in [0.15, 0.2) is 0 Å². The van der Waals surface area contributed by atoms with Crippen molar-refractivity contribution >= 4 is 5.97 Å². The van der Waals surface area contributed by atoms with E-state index >= 15 is 0 Å². The summed E-state index contributed by atoms with van der Waals surface area (Å²) in [5.74, 6) is -4.46. The van der Waals surface area contributed by atoms with Crippen LogP contribution in [-0.2, 0) is 12.3 Å². The Morgan fingerprint density at radius 1 is 1.62 bits per heavy atom. The standard InChI is InChI=1S/C7H6F2N2O2/c8-7(9)2-1-3-4(7)5(6(12)13)11-10-3/h1-2H2,(H,10,11)(H,12,13). The van der Waals surface area contributed by atoms with E-state index in [1.165, 1.54) is 0 Å². The van der Waals surface area contributed by atoms with Gasteiger partial charge in [-0.3, -0.25) is 5.10 Å². The number of nitrogens with one attached hydrogen (secondary N) is 1. The molecular weight excluding hydrogens is 182 g/mol. The number of hydrogen-bond donors (Lipinski definition) is 2. The maximum atomic E-state index is 13.1. The second kappa shape index (κ2) is 2.27. The van der Waals surface area contributed by atoms with Crippen LogP contribution < -0.4 is 0 Å². The van der Waals surface area contributed by atoms with Gasteiger partial charge in [0.05, 0.1) is 5.56 Å². The van der Waals surface area contributed by atoms with Crippen molar-refractivity contribution in [1.29, 1.82) is 0 Å². The Bertz CT molecular complexity index is 373. The van der Waals surface area contributed by atoms with Gasteiger partial charge in [-0.05, 0) is 6.42 Å². The zero-order valence-corrected chi connectivity index (χ0v) is 6.47. The molecule has 1 aliphatic rings. The largest absolute Gasteiger partial charge is 0.476 e. The highest BCUT2D eigenvalue weighted by Gasteiger charge is 2.44. The summed E-state index contributed by atoms with van der Waals surface area (Å²) in [7, 11) is 0. The van der Waals surface area contributed by atoms with Crippen molar-refractivity contribution in [3.05, 3.63) is 17.0 Å². The van der Waals surface area contributed by atoms with Crippen LogP contribution >= 0.6 is 0 Å². The minimum atomic E-state index is -3.05. The van der Waals surface area contributed by atoms with Gasteiger partial charge in [0, 0.05) is 12.1 Å². The number of halogens is 2. The average molecular weight is 188 g/mol. The number of carboxylic acid groups (broad SMARTS) is 1. The average Bonchev–Trinajstić information content (AvgIpc) is 2.53. The highest BCUT2D eigenvalue weighted by molar-refractivity contribution is 5.88. The van der Waals surface area contributed by atoms with Crippen LogP contribution in [0.2, 0.25) is 0 Å². The van der Waals surface area contributed by atoms with Crippen LogP contribution in [0.3, 0.4) is 0 Å². The number of carbonyl (C=O) groups is 1. The van der Waals surface area contributed by atoms with Crippen LogP contribution in [0, 0.1) is 0 Å². The van der Waals surface area contributed by atoms with Crippen molar-refractivity contribution in [2.75, 3.05) is 0 Å². The molecular formula is C7H6F2N2O2. The molecule has 4 nitrogen and oxygen atoms in total. The molecule has 1 aromatic rings. The zero-order chi connectivity index (χ0) is 9.64.